The van der Waals surface area contributed by atoms with Crippen molar-refractivity contribution in [2.24, 2.45) is 17.8 Å². The monoisotopic (exact) mass is 814 g/mol. The number of phenols is 1. The summed E-state index contributed by atoms with van der Waals surface area (Å²) in [7, 11) is 0. The second kappa shape index (κ2) is 15.9. The Morgan fingerprint density at radius 2 is 1.83 bits per heavy atom. The maximum atomic E-state index is 14.2. The van der Waals surface area contributed by atoms with Crippen LogP contribution in [0.1, 0.15) is 79.8 Å². The lowest BCUT2D eigenvalue weighted by Gasteiger charge is -2.29. The Kier molecular flexibility index (Phi) is 10.5. The van der Waals surface area contributed by atoms with E-state index in [2.05, 4.69) is 54.6 Å². The van der Waals surface area contributed by atoms with Gasteiger partial charge in [0.1, 0.15) is 24.3 Å². The van der Waals surface area contributed by atoms with Gasteiger partial charge in [0, 0.05) is 48.9 Å². The van der Waals surface area contributed by atoms with Gasteiger partial charge in [0.15, 0.2) is 11.4 Å². The van der Waals surface area contributed by atoms with Crippen LogP contribution < -0.4 is 10.1 Å². The molecule has 2 amide bonds. The Labute approximate surface area is 347 Å². The van der Waals surface area contributed by atoms with Gasteiger partial charge < -0.3 is 29.6 Å². The fraction of sp³-hybridized carbons (Fsp3) is 0.422. The van der Waals surface area contributed by atoms with Crippen LogP contribution in [0.5, 0.6) is 11.6 Å². The largest absolute Gasteiger partial charge is 0.507 e. The van der Waals surface area contributed by atoms with Crippen molar-refractivity contribution in [2.45, 2.75) is 71.4 Å². The van der Waals surface area contributed by atoms with Crippen molar-refractivity contribution in [1.82, 2.24) is 40.4 Å². The minimum Gasteiger partial charge on any atom is -0.507 e. The number of rotatable bonds is 13. The number of likely N-dealkylation sites (tertiary alicyclic amines) is 2. The number of benzene rings is 2. The third-order valence-corrected chi connectivity index (χ3v) is 13.6. The van der Waals surface area contributed by atoms with Gasteiger partial charge in [0.2, 0.25) is 11.8 Å². The zero-order valence-electron chi connectivity index (χ0n) is 34.0. The van der Waals surface area contributed by atoms with Gasteiger partial charge in [0.05, 0.1) is 27.8 Å². The zero-order valence-corrected chi connectivity index (χ0v) is 34.8. The third-order valence-electron chi connectivity index (χ3n) is 12.6. The van der Waals surface area contributed by atoms with Crippen LogP contribution in [0.25, 0.3) is 32.7 Å². The highest BCUT2D eigenvalue weighted by Gasteiger charge is 2.57. The van der Waals surface area contributed by atoms with Gasteiger partial charge in [-0.15, -0.1) is 21.5 Å². The van der Waals surface area contributed by atoms with Crippen LogP contribution in [-0.4, -0.2) is 90.9 Å². The minimum absolute atomic E-state index is 0.0820. The van der Waals surface area contributed by atoms with Crippen LogP contribution in [-0.2, 0) is 9.59 Å². The van der Waals surface area contributed by atoms with E-state index in [0.717, 1.165) is 64.5 Å². The molecular formula is C45H50N8O5S. The summed E-state index contributed by atoms with van der Waals surface area (Å²) < 4.78 is 11.8. The highest BCUT2D eigenvalue weighted by Crippen LogP contribution is 2.60. The number of para-hydroxylation sites is 1. The van der Waals surface area contributed by atoms with E-state index in [1.807, 2.05) is 63.5 Å². The quantitative estimate of drug-likeness (QED) is 0.107. The van der Waals surface area contributed by atoms with Crippen molar-refractivity contribution in [3.8, 4) is 33.3 Å². The zero-order chi connectivity index (χ0) is 40.9. The van der Waals surface area contributed by atoms with Crippen molar-refractivity contribution in [2.75, 3.05) is 32.8 Å². The van der Waals surface area contributed by atoms with Gasteiger partial charge in [-0.05, 0) is 97.3 Å². The van der Waals surface area contributed by atoms with Crippen molar-refractivity contribution in [1.29, 1.82) is 0 Å². The fourth-order valence-electron chi connectivity index (χ4n) is 9.49. The Balaban J connectivity index is 0.779. The number of amides is 2. The number of aromatic nitrogens is 5. The van der Waals surface area contributed by atoms with Crippen molar-refractivity contribution >= 4 is 34.2 Å². The molecule has 0 spiro atoms. The van der Waals surface area contributed by atoms with Crippen molar-refractivity contribution < 1.29 is 24.0 Å². The molecule has 13 nitrogen and oxygen atoms in total. The molecule has 1 unspecified atom stereocenters. The Morgan fingerprint density at radius 1 is 1.05 bits per heavy atom. The number of nitrogens with one attached hydrogen (secondary N) is 2. The predicted octanol–water partition coefficient (Wildman–Crippen LogP) is 7.39. The Bertz CT molecular complexity index is 2480. The number of ether oxygens (including phenoxy) is 1. The molecule has 2 aliphatic heterocycles. The molecule has 3 N–H and O–H groups in total. The number of fused-ring (bicyclic) bond motifs is 2. The number of hydrogen-bond donors (Lipinski definition) is 3. The number of thiazole rings is 1. The number of piperidine rings is 1. The average molecular weight is 815 g/mol. The molecule has 0 bridgehead atoms. The van der Waals surface area contributed by atoms with Gasteiger partial charge in [-0.2, -0.15) is 0 Å². The van der Waals surface area contributed by atoms with Crippen LogP contribution in [0.3, 0.4) is 0 Å². The maximum Gasteiger partial charge on any atom is 0.254 e. The molecule has 3 fully saturated rings. The molecule has 1 aliphatic carbocycles. The lowest BCUT2D eigenvalue weighted by molar-refractivity contribution is -0.141. The summed E-state index contributed by atoms with van der Waals surface area (Å²) in [5.41, 5.74) is 9.50. The second-order valence-corrected chi connectivity index (χ2v) is 17.6. The normalized spacial score (nSPS) is 21.2. The molecule has 3 aliphatic rings. The third kappa shape index (κ3) is 7.48. The van der Waals surface area contributed by atoms with Crippen LogP contribution in [0.2, 0.25) is 0 Å². The van der Waals surface area contributed by atoms with E-state index in [1.165, 1.54) is 5.56 Å². The summed E-state index contributed by atoms with van der Waals surface area (Å²) >= 11 is 1.61. The molecule has 14 heteroatoms. The van der Waals surface area contributed by atoms with E-state index < -0.39 is 12.0 Å². The number of phenolic OH excluding ortho intramolecular Hbond substituents is 1. The molecular weight excluding hydrogens is 765 g/mol. The van der Waals surface area contributed by atoms with Crippen LogP contribution in [0, 0.1) is 31.6 Å². The number of carbonyl (C=O) groups excluding carboxylic acids is 2. The van der Waals surface area contributed by atoms with E-state index in [1.54, 1.807) is 34.4 Å². The summed E-state index contributed by atoms with van der Waals surface area (Å²) in [5.74, 6) is 1.60. The van der Waals surface area contributed by atoms with Crippen molar-refractivity contribution in [3.05, 3.63) is 94.4 Å². The van der Waals surface area contributed by atoms with Crippen LogP contribution in [0.4, 0.5) is 0 Å². The summed E-state index contributed by atoms with van der Waals surface area (Å²) in [6.45, 7) is 13.7. The number of carbonyl (C=O) groups is 2. The molecule has 6 aromatic rings. The lowest BCUT2D eigenvalue weighted by atomic mass is 9.91. The molecule has 1 saturated carbocycles. The van der Waals surface area contributed by atoms with Gasteiger partial charge in [0.25, 0.3) is 5.88 Å². The van der Waals surface area contributed by atoms with E-state index in [9.17, 15) is 14.7 Å². The fourth-order valence-corrected chi connectivity index (χ4v) is 10.3. The first-order valence-corrected chi connectivity index (χ1v) is 21.5. The number of nitrogens with zero attached hydrogens (tertiary/aromatic N) is 6. The minimum atomic E-state index is -0.593. The molecule has 0 radical (unpaired) electrons. The number of aromatic amines is 1. The van der Waals surface area contributed by atoms with E-state index >= 15 is 0 Å². The first kappa shape index (κ1) is 38.9. The van der Waals surface area contributed by atoms with Crippen LogP contribution in [0.15, 0.2) is 70.7 Å². The number of H-pyrrole nitrogens is 1. The van der Waals surface area contributed by atoms with Gasteiger partial charge >= 0.3 is 0 Å². The molecule has 306 valence electrons. The Morgan fingerprint density at radius 3 is 2.56 bits per heavy atom. The van der Waals surface area contributed by atoms with Gasteiger partial charge in [-0.25, -0.2) is 4.98 Å². The smallest absolute Gasteiger partial charge is 0.254 e. The summed E-state index contributed by atoms with van der Waals surface area (Å²) in [6, 6.07) is 18.4. The summed E-state index contributed by atoms with van der Waals surface area (Å²) in [5, 5.41) is 27.7. The first-order chi connectivity index (χ1) is 28.5. The predicted molar refractivity (Wildman–Crippen MR) is 225 cm³/mol. The molecule has 4 aromatic heterocycles. The van der Waals surface area contributed by atoms with Crippen LogP contribution >= 0.6 is 11.3 Å². The molecule has 9 rings (SSSR count). The van der Waals surface area contributed by atoms with E-state index in [0.29, 0.717) is 60.2 Å². The molecule has 59 heavy (non-hydrogen) atoms. The van der Waals surface area contributed by atoms with Crippen molar-refractivity contribution in [3.63, 3.8) is 0 Å². The topological polar surface area (TPSA) is 163 Å². The first-order valence-electron chi connectivity index (χ1n) is 20.6. The number of aryl methyl sites for hydroxylation is 2. The van der Waals surface area contributed by atoms with Gasteiger partial charge in [-0.3, -0.25) is 14.5 Å². The Hall–Kier alpha value is -5.60. The maximum absolute atomic E-state index is 14.2. The highest BCUT2D eigenvalue weighted by molar-refractivity contribution is 7.13. The molecule has 2 aromatic carbocycles. The summed E-state index contributed by atoms with van der Waals surface area (Å²) in [4.78, 5) is 40.9. The standard InChI is InChI=1S/C45H50N8O5S/c1-24(2)39(45(56)53-16-8-10-35(53)44(55)48-25(3)28-12-14-29(15-13-28)42-27(5)46-23-59-42)37-20-38(51-58-37)57-18-17-52-21-32-33(22-52)41(32)40-26(4)47-43-31(40)19-34(49-50-43)30-9-6-7-11-36(30)54/h6-7,9,11-15,19-20,23-25,32-33,35,39,41,54H,8,10,16-18,21-22H2,1-5H3,(H,47,50)(H,48,55)/t25-,32-,33+,35-,39+,41?/m0/s1. The number of aromatic hydroxyl groups is 1. The molecule has 6 heterocycles. The van der Waals surface area contributed by atoms with E-state index in [-0.39, 0.29) is 29.5 Å². The summed E-state index contributed by atoms with van der Waals surface area (Å²) in [6.07, 6.45) is 1.37. The SMILES string of the molecule is Cc1ncsc1-c1ccc([C@H](C)NC(=O)[C@@H]2CCCN2C(=O)[C@@H](c2cc(OCCN3C[C@@H]4C(c5c(C)[nH]c6nnc(-c7ccccc7O)cc56)[C@@H]4C3)no2)C(C)C)cc1. The average Bonchev–Trinajstić information content (AvgIpc) is 3.93. The molecule has 6 atom stereocenters. The highest BCUT2D eigenvalue weighted by atomic mass is 32.1. The molecule has 2 saturated heterocycles. The van der Waals surface area contributed by atoms with Gasteiger partial charge in [-0.1, -0.05) is 50.2 Å². The van der Waals surface area contributed by atoms with E-state index in [4.69, 9.17) is 9.26 Å². The lowest BCUT2D eigenvalue weighted by Crippen LogP contribution is -2.48. The number of hydrogen-bond acceptors (Lipinski definition) is 11. The second-order valence-electron chi connectivity index (χ2n) is 16.7.